The van der Waals surface area contributed by atoms with E-state index in [0.717, 1.165) is 25.7 Å². The number of ketones is 1. The number of hydrogen-bond acceptors (Lipinski definition) is 4. The minimum Gasteiger partial charge on any atom is -0.486 e. The van der Waals surface area contributed by atoms with Crippen molar-refractivity contribution < 1.29 is 19.1 Å². The van der Waals surface area contributed by atoms with Gasteiger partial charge in [0.15, 0.2) is 17.3 Å². The molecule has 1 amide bonds. The number of rotatable bonds is 3. The predicted octanol–water partition coefficient (Wildman–Crippen LogP) is 3.07. The zero-order valence-electron chi connectivity index (χ0n) is 14.5. The molecule has 1 aromatic rings. The second kappa shape index (κ2) is 7.06. The van der Waals surface area contributed by atoms with Crippen LogP contribution in [-0.4, -0.2) is 42.9 Å². The van der Waals surface area contributed by atoms with E-state index in [9.17, 15) is 9.59 Å². The molecule has 0 aromatic heterocycles. The maximum absolute atomic E-state index is 12.8. The van der Waals surface area contributed by atoms with Gasteiger partial charge in [0.05, 0.1) is 0 Å². The Labute approximate surface area is 148 Å². The molecular weight excluding hydrogens is 318 g/mol. The molecule has 0 unspecified atom stereocenters. The standard InChI is InChI=1S/C20H25NO4/c22-19(16-5-6-17-18(13-16)25-12-11-24-17)14-7-9-21(10-8-14)20(23)15-3-1-2-4-15/h5-6,13-15H,1-4,7-12H2. The Morgan fingerprint density at radius 2 is 1.56 bits per heavy atom. The van der Waals surface area contributed by atoms with E-state index in [1.165, 1.54) is 12.8 Å². The van der Waals surface area contributed by atoms with E-state index in [1.807, 2.05) is 17.0 Å². The average Bonchev–Trinajstić information content (AvgIpc) is 3.21. The van der Waals surface area contributed by atoms with Crippen LogP contribution >= 0.6 is 0 Å². The maximum atomic E-state index is 12.8. The third-order valence-corrected chi connectivity index (χ3v) is 5.71. The van der Waals surface area contributed by atoms with Gasteiger partial charge in [0.25, 0.3) is 0 Å². The summed E-state index contributed by atoms with van der Waals surface area (Å²) in [6.07, 6.45) is 5.94. The first-order valence-electron chi connectivity index (χ1n) is 9.45. The SMILES string of the molecule is O=C(c1ccc2c(c1)OCCO2)C1CCN(C(=O)C2CCCC2)CC1. The number of hydrogen-bond donors (Lipinski definition) is 0. The highest BCUT2D eigenvalue weighted by atomic mass is 16.6. The first kappa shape index (κ1) is 16.4. The van der Waals surface area contributed by atoms with Crippen LogP contribution < -0.4 is 9.47 Å². The molecule has 5 nitrogen and oxygen atoms in total. The highest BCUT2D eigenvalue weighted by molar-refractivity contribution is 5.98. The number of amides is 1. The molecule has 0 bridgehead atoms. The van der Waals surface area contributed by atoms with Gasteiger partial charge in [-0.15, -0.1) is 0 Å². The largest absolute Gasteiger partial charge is 0.486 e. The molecule has 2 fully saturated rings. The van der Waals surface area contributed by atoms with Gasteiger partial charge in [0.1, 0.15) is 13.2 Å². The zero-order chi connectivity index (χ0) is 17.2. The number of ether oxygens (including phenoxy) is 2. The van der Waals surface area contributed by atoms with Crippen LogP contribution in [0.5, 0.6) is 11.5 Å². The summed E-state index contributed by atoms with van der Waals surface area (Å²) >= 11 is 0. The molecule has 3 aliphatic rings. The average molecular weight is 343 g/mol. The first-order chi connectivity index (χ1) is 12.2. The molecule has 0 spiro atoms. The minimum atomic E-state index is -0.00446. The lowest BCUT2D eigenvalue weighted by atomic mass is 9.88. The van der Waals surface area contributed by atoms with E-state index in [-0.39, 0.29) is 17.6 Å². The van der Waals surface area contributed by atoms with Crippen molar-refractivity contribution >= 4 is 11.7 Å². The Hall–Kier alpha value is -2.04. The third-order valence-electron chi connectivity index (χ3n) is 5.71. The van der Waals surface area contributed by atoms with Gasteiger partial charge in [-0.25, -0.2) is 0 Å². The predicted molar refractivity (Wildman–Crippen MR) is 93.0 cm³/mol. The quantitative estimate of drug-likeness (QED) is 0.792. The van der Waals surface area contributed by atoms with Gasteiger partial charge < -0.3 is 14.4 Å². The van der Waals surface area contributed by atoms with Crippen LogP contribution in [0.25, 0.3) is 0 Å². The van der Waals surface area contributed by atoms with Crippen molar-refractivity contribution in [3.05, 3.63) is 23.8 Å². The lowest BCUT2D eigenvalue weighted by Crippen LogP contribution is -2.42. The number of benzene rings is 1. The van der Waals surface area contributed by atoms with E-state index in [0.29, 0.717) is 49.3 Å². The van der Waals surface area contributed by atoms with Crippen molar-refractivity contribution in [3.63, 3.8) is 0 Å². The summed E-state index contributed by atoms with van der Waals surface area (Å²) in [5, 5.41) is 0. The molecule has 4 rings (SSSR count). The lowest BCUT2D eigenvalue weighted by molar-refractivity contribution is -0.136. The Kier molecular flexibility index (Phi) is 4.64. The molecule has 5 heteroatoms. The van der Waals surface area contributed by atoms with Crippen LogP contribution in [0.2, 0.25) is 0 Å². The van der Waals surface area contributed by atoms with E-state index < -0.39 is 0 Å². The molecule has 2 aliphatic heterocycles. The van der Waals surface area contributed by atoms with Crippen LogP contribution in [-0.2, 0) is 4.79 Å². The molecule has 1 saturated heterocycles. The van der Waals surface area contributed by atoms with E-state index in [4.69, 9.17) is 9.47 Å². The van der Waals surface area contributed by atoms with Crippen molar-refractivity contribution in [1.29, 1.82) is 0 Å². The van der Waals surface area contributed by atoms with Crippen LogP contribution in [0.15, 0.2) is 18.2 Å². The maximum Gasteiger partial charge on any atom is 0.225 e. The highest BCUT2D eigenvalue weighted by Crippen LogP contribution is 2.33. The Morgan fingerprint density at radius 1 is 0.880 bits per heavy atom. The normalized spacial score (nSPS) is 21.4. The highest BCUT2D eigenvalue weighted by Gasteiger charge is 2.32. The summed E-state index contributed by atoms with van der Waals surface area (Å²) in [6.45, 7) is 2.48. The van der Waals surface area contributed by atoms with Crippen molar-refractivity contribution in [2.45, 2.75) is 38.5 Å². The lowest BCUT2D eigenvalue weighted by Gasteiger charge is -2.33. The number of piperidine rings is 1. The second-order valence-corrected chi connectivity index (χ2v) is 7.30. The number of likely N-dealkylation sites (tertiary alicyclic amines) is 1. The number of fused-ring (bicyclic) bond motifs is 1. The van der Waals surface area contributed by atoms with E-state index >= 15 is 0 Å². The van der Waals surface area contributed by atoms with E-state index in [1.54, 1.807) is 6.07 Å². The van der Waals surface area contributed by atoms with Crippen LogP contribution in [0.4, 0.5) is 0 Å². The molecule has 25 heavy (non-hydrogen) atoms. The first-order valence-corrected chi connectivity index (χ1v) is 9.45. The monoisotopic (exact) mass is 343 g/mol. The van der Waals surface area contributed by atoms with E-state index in [2.05, 4.69) is 0 Å². The molecule has 134 valence electrons. The number of carbonyl (C=O) groups is 2. The summed E-state index contributed by atoms with van der Waals surface area (Å²) in [7, 11) is 0. The molecule has 2 heterocycles. The van der Waals surface area contributed by atoms with Gasteiger partial charge in [-0.05, 0) is 43.9 Å². The minimum absolute atomic E-state index is 0.00446. The Morgan fingerprint density at radius 3 is 2.28 bits per heavy atom. The molecule has 1 saturated carbocycles. The number of nitrogens with zero attached hydrogens (tertiary/aromatic N) is 1. The summed E-state index contributed by atoms with van der Waals surface area (Å²) < 4.78 is 11.1. The summed E-state index contributed by atoms with van der Waals surface area (Å²) in [4.78, 5) is 27.3. The Bertz CT molecular complexity index is 658. The smallest absolute Gasteiger partial charge is 0.225 e. The van der Waals surface area contributed by atoms with Gasteiger partial charge in [0, 0.05) is 30.5 Å². The summed E-state index contributed by atoms with van der Waals surface area (Å²) in [6, 6.07) is 5.44. The van der Waals surface area contributed by atoms with Gasteiger partial charge >= 0.3 is 0 Å². The van der Waals surface area contributed by atoms with Gasteiger partial charge in [-0.1, -0.05) is 12.8 Å². The molecule has 1 aromatic carbocycles. The van der Waals surface area contributed by atoms with Crippen molar-refractivity contribution in [2.75, 3.05) is 26.3 Å². The van der Waals surface area contributed by atoms with Crippen LogP contribution in [0.1, 0.15) is 48.9 Å². The van der Waals surface area contributed by atoms with Crippen molar-refractivity contribution in [1.82, 2.24) is 4.90 Å². The number of carbonyl (C=O) groups excluding carboxylic acids is 2. The summed E-state index contributed by atoms with van der Waals surface area (Å²) in [5.41, 5.74) is 0.685. The molecule has 0 radical (unpaired) electrons. The Balaban J connectivity index is 1.37. The van der Waals surface area contributed by atoms with Crippen molar-refractivity contribution in [3.8, 4) is 11.5 Å². The fraction of sp³-hybridized carbons (Fsp3) is 0.600. The van der Waals surface area contributed by atoms with Gasteiger partial charge in [-0.3, -0.25) is 9.59 Å². The third kappa shape index (κ3) is 3.37. The summed E-state index contributed by atoms with van der Waals surface area (Å²) in [5.74, 6) is 2.05. The second-order valence-electron chi connectivity index (χ2n) is 7.30. The van der Waals surface area contributed by atoms with Gasteiger partial charge in [0.2, 0.25) is 5.91 Å². The number of Topliss-reactive ketones (excluding diaryl/α,β-unsaturated/α-hetero) is 1. The fourth-order valence-electron chi connectivity index (χ4n) is 4.23. The molecular formula is C20H25NO4. The van der Waals surface area contributed by atoms with Crippen LogP contribution in [0, 0.1) is 11.8 Å². The molecule has 1 aliphatic carbocycles. The molecule has 0 N–H and O–H groups in total. The van der Waals surface area contributed by atoms with Crippen LogP contribution in [0.3, 0.4) is 0 Å². The van der Waals surface area contributed by atoms with Gasteiger partial charge in [-0.2, -0.15) is 0 Å². The zero-order valence-corrected chi connectivity index (χ0v) is 14.5. The fourth-order valence-corrected chi connectivity index (χ4v) is 4.23. The van der Waals surface area contributed by atoms with Crippen molar-refractivity contribution in [2.24, 2.45) is 11.8 Å². The molecule has 0 atom stereocenters. The topological polar surface area (TPSA) is 55.8 Å².